The normalized spacial score (nSPS) is 16.6. The number of rotatable bonds is 4. The van der Waals surface area contributed by atoms with E-state index in [1.165, 1.54) is 17.0 Å². The average molecular weight is 346 g/mol. The fourth-order valence-electron chi connectivity index (χ4n) is 2.09. The van der Waals surface area contributed by atoms with Gasteiger partial charge in [0.05, 0.1) is 18.7 Å². The number of nitrogens with zero attached hydrogens (tertiary/aromatic N) is 1. The molecule has 1 aliphatic rings. The predicted molar refractivity (Wildman–Crippen MR) is 72.0 cm³/mol. The highest BCUT2D eigenvalue weighted by Gasteiger charge is 2.43. The monoisotopic (exact) mass is 345 g/mol. The van der Waals surface area contributed by atoms with Crippen LogP contribution in [0.3, 0.4) is 0 Å². The number of carboxylic acids is 1. The van der Waals surface area contributed by atoms with Gasteiger partial charge in [0.2, 0.25) is 0 Å². The molecule has 0 radical (unpaired) electrons. The zero-order chi connectivity index (χ0) is 14.9. The van der Waals surface area contributed by atoms with Crippen LogP contribution in [0.25, 0.3) is 0 Å². The molecule has 1 aromatic carbocycles. The van der Waals surface area contributed by atoms with Crippen LogP contribution < -0.4 is 0 Å². The Labute approximate surface area is 123 Å². The summed E-state index contributed by atoms with van der Waals surface area (Å²) in [5, 5.41) is 8.56. The second-order valence-corrected chi connectivity index (χ2v) is 5.74. The molecule has 0 aromatic heterocycles. The number of halogens is 2. The lowest BCUT2D eigenvalue weighted by molar-refractivity contribution is -0.159. The van der Waals surface area contributed by atoms with Crippen LogP contribution in [0.1, 0.15) is 17.3 Å². The number of benzene rings is 1. The van der Waals surface area contributed by atoms with Crippen LogP contribution in [0, 0.1) is 5.82 Å². The van der Waals surface area contributed by atoms with Crippen LogP contribution in [-0.4, -0.2) is 47.2 Å². The third-order valence-corrected chi connectivity index (χ3v) is 3.72. The molecule has 0 atom stereocenters. The molecule has 0 spiro atoms. The summed E-state index contributed by atoms with van der Waals surface area (Å²) in [6, 6.07) is 4.32. The topological polar surface area (TPSA) is 66.8 Å². The maximum Gasteiger partial charge on any atom is 0.329 e. The number of amides is 1. The summed E-state index contributed by atoms with van der Waals surface area (Å²) in [6.45, 7) is 1.78. The molecule has 1 aromatic rings. The number of aliphatic carboxylic acids is 1. The van der Waals surface area contributed by atoms with E-state index in [-0.39, 0.29) is 18.7 Å². The Morgan fingerprint density at radius 2 is 2.15 bits per heavy atom. The molecule has 1 aliphatic heterocycles. The molecule has 1 fully saturated rings. The molecule has 20 heavy (non-hydrogen) atoms. The molecule has 5 nitrogen and oxygen atoms in total. The maximum atomic E-state index is 13.7. The maximum absolute atomic E-state index is 13.7. The molecule has 1 N–H and O–H groups in total. The minimum atomic E-state index is -1.06. The van der Waals surface area contributed by atoms with Crippen LogP contribution in [0.5, 0.6) is 0 Å². The highest BCUT2D eigenvalue weighted by Crippen LogP contribution is 2.29. The van der Waals surface area contributed by atoms with E-state index in [1.54, 1.807) is 13.0 Å². The highest BCUT2D eigenvalue weighted by atomic mass is 79.9. The first-order valence-corrected chi connectivity index (χ1v) is 6.71. The van der Waals surface area contributed by atoms with Crippen molar-refractivity contribution >= 4 is 27.8 Å². The fourth-order valence-corrected chi connectivity index (χ4v) is 2.60. The predicted octanol–water partition coefficient (Wildman–Crippen LogP) is 1.90. The number of ether oxygens (including phenoxy) is 1. The molecule has 1 amide bonds. The summed E-state index contributed by atoms with van der Waals surface area (Å²) in [6.07, 6.45) is 0. The van der Waals surface area contributed by atoms with E-state index < -0.39 is 29.9 Å². The van der Waals surface area contributed by atoms with E-state index in [0.29, 0.717) is 4.47 Å². The second kappa shape index (κ2) is 5.49. The van der Waals surface area contributed by atoms with Crippen LogP contribution in [0.4, 0.5) is 4.39 Å². The SMILES string of the molecule is CC1(OCC(=O)O)CN(C(=O)c2c(F)cccc2Br)C1. The van der Waals surface area contributed by atoms with Crippen molar-refractivity contribution in [2.75, 3.05) is 19.7 Å². The molecule has 0 bridgehead atoms. The largest absolute Gasteiger partial charge is 0.480 e. The summed E-state index contributed by atoms with van der Waals surface area (Å²) in [7, 11) is 0. The number of carbonyl (C=O) groups is 2. The van der Waals surface area contributed by atoms with E-state index in [0.717, 1.165) is 0 Å². The quantitative estimate of drug-likeness (QED) is 0.904. The van der Waals surface area contributed by atoms with Crippen LogP contribution in [0.15, 0.2) is 22.7 Å². The summed E-state index contributed by atoms with van der Waals surface area (Å²) < 4.78 is 19.3. The van der Waals surface area contributed by atoms with Crippen molar-refractivity contribution in [2.45, 2.75) is 12.5 Å². The third-order valence-electron chi connectivity index (χ3n) is 3.06. The van der Waals surface area contributed by atoms with Crippen molar-refractivity contribution in [3.05, 3.63) is 34.1 Å². The van der Waals surface area contributed by atoms with Gasteiger partial charge in [-0.1, -0.05) is 6.07 Å². The van der Waals surface area contributed by atoms with Gasteiger partial charge in [0, 0.05) is 4.47 Å². The molecule has 108 valence electrons. The number of carboxylic acid groups (broad SMARTS) is 1. The van der Waals surface area contributed by atoms with E-state index in [1.807, 2.05) is 0 Å². The summed E-state index contributed by atoms with van der Waals surface area (Å²) in [5.74, 6) is -2.09. The molecule has 7 heteroatoms. The number of carbonyl (C=O) groups excluding carboxylic acids is 1. The Hall–Kier alpha value is -1.47. The van der Waals surface area contributed by atoms with Gasteiger partial charge in [0.15, 0.2) is 0 Å². The minimum absolute atomic E-state index is 0.0206. The van der Waals surface area contributed by atoms with Crippen molar-refractivity contribution < 1.29 is 23.8 Å². The van der Waals surface area contributed by atoms with Crippen LogP contribution >= 0.6 is 15.9 Å². The molecular weight excluding hydrogens is 333 g/mol. The van der Waals surface area contributed by atoms with Crippen molar-refractivity contribution in [1.82, 2.24) is 4.90 Å². The Morgan fingerprint density at radius 1 is 1.50 bits per heavy atom. The van der Waals surface area contributed by atoms with Gasteiger partial charge >= 0.3 is 5.97 Å². The van der Waals surface area contributed by atoms with Crippen molar-refractivity contribution in [2.24, 2.45) is 0 Å². The van der Waals surface area contributed by atoms with E-state index in [9.17, 15) is 14.0 Å². The summed E-state index contributed by atoms with van der Waals surface area (Å²) >= 11 is 3.15. The van der Waals surface area contributed by atoms with Gasteiger partial charge < -0.3 is 14.7 Å². The Bertz CT molecular complexity index is 537. The Kier molecular flexibility index (Phi) is 4.10. The number of hydrogen-bond acceptors (Lipinski definition) is 3. The number of likely N-dealkylation sites (tertiary alicyclic amines) is 1. The average Bonchev–Trinajstić information content (AvgIpc) is 2.32. The molecule has 0 unspecified atom stereocenters. The second-order valence-electron chi connectivity index (χ2n) is 4.89. The smallest absolute Gasteiger partial charge is 0.329 e. The molecule has 1 heterocycles. The first kappa shape index (κ1) is 14.9. The Balaban J connectivity index is 2.02. The lowest BCUT2D eigenvalue weighted by atomic mass is 9.95. The van der Waals surface area contributed by atoms with Crippen molar-refractivity contribution in [3.63, 3.8) is 0 Å². The first-order valence-electron chi connectivity index (χ1n) is 5.91. The zero-order valence-electron chi connectivity index (χ0n) is 10.7. The first-order chi connectivity index (χ1) is 9.32. The van der Waals surface area contributed by atoms with Crippen LogP contribution in [-0.2, 0) is 9.53 Å². The molecule has 1 saturated heterocycles. The Morgan fingerprint density at radius 3 is 2.70 bits per heavy atom. The summed E-state index contributed by atoms with van der Waals surface area (Å²) in [5.41, 5.74) is -0.709. The van der Waals surface area contributed by atoms with E-state index in [2.05, 4.69) is 15.9 Å². The van der Waals surface area contributed by atoms with Gasteiger partial charge in [-0.15, -0.1) is 0 Å². The van der Waals surface area contributed by atoms with Gasteiger partial charge in [-0.3, -0.25) is 4.79 Å². The fraction of sp³-hybridized carbons (Fsp3) is 0.385. The van der Waals surface area contributed by atoms with Gasteiger partial charge in [0.25, 0.3) is 5.91 Å². The van der Waals surface area contributed by atoms with Crippen molar-refractivity contribution in [3.8, 4) is 0 Å². The van der Waals surface area contributed by atoms with Gasteiger partial charge in [-0.2, -0.15) is 0 Å². The zero-order valence-corrected chi connectivity index (χ0v) is 12.3. The van der Waals surface area contributed by atoms with Crippen molar-refractivity contribution in [1.29, 1.82) is 0 Å². The van der Waals surface area contributed by atoms with Crippen LogP contribution in [0.2, 0.25) is 0 Å². The third kappa shape index (κ3) is 2.99. The van der Waals surface area contributed by atoms with Gasteiger partial charge in [-0.05, 0) is 35.0 Å². The number of hydrogen-bond donors (Lipinski definition) is 1. The lowest BCUT2D eigenvalue weighted by Gasteiger charge is -2.47. The standard InChI is InChI=1S/C13H13BrFNO4/c1-13(20-5-10(17)18)6-16(7-13)12(19)11-8(14)3-2-4-9(11)15/h2-4H,5-7H2,1H3,(H,17,18). The summed E-state index contributed by atoms with van der Waals surface area (Å²) in [4.78, 5) is 24.1. The molecule has 2 rings (SSSR count). The molecule has 0 saturated carbocycles. The highest BCUT2D eigenvalue weighted by molar-refractivity contribution is 9.10. The van der Waals surface area contributed by atoms with E-state index >= 15 is 0 Å². The molecule has 0 aliphatic carbocycles. The minimum Gasteiger partial charge on any atom is -0.480 e. The molecular formula is C13H13BrFNO4. The van der Waals surface area contributed by atoms with Gasteiger partial charge in [-0.25, -0.2) is 9.18 Å². The lowest BCUT2D eigenvalue weighted by Crippen LogP contribution is -2.63. The van der Waals surface area contributed by atoms with Gasteiger partial charge in [0.1, 0.15) is 18.0 Å². The van der Waals surface area contributed by atoms with E-state index in [4.69, 9.17) is 9.84 Å².